The molecule has 0 spiro atoms. The second-order valence-electron chi connectivity index (χ2n) is 5.79. The Bertz CT molecular complexity index is 682. The average molecular weight is 356 g/mol. The third-order valence-corrected chi connectivity index (χ3v) is 5.74. The van der Waals surface area contributed by atoms with Crippen LogP contribution in [-0.2, 0) is 19.5 Å². The van der Waals surface area contributed by atoms with E-state index in [4.69, 9.17) is 9.47 Å². The second-order valence-corrected chi connectivity index (χ2v) is 7.94. The Morgan fingerprint density at radius 2 is 1.88 bits per heavy atom. The molecule has 7 nitrogen and oxygen atoms in total. The van der Waals surface area contributed by atoms with Crippen LogP contribution in [0.5, 0.6) is 0 Å². The lowest BCUT2D eigenvalue weighted by molar-refractivity contribution is 0.0388. The number of sulfonamides is 1. The first-order chi connectivity index (χ1) is 11.4. The number of methoxy groups -OCH3 is 1. The first-order valence-electron chi connectivity index (χ1n) is 7.85. The molecule has 0 aromatic heterocycles. The van der Waals surface area contributed by atoms with Crippen molar-refractivity contribution in [3.05, 3.63) is 23.8 Å². The quantitative estimate of drug-likeness (QED) is 0.542. The number of carbonyl (C=O) groups excluding carboxylic acids is 1. The van der Waals surface area contributed by atoms with Gasteiger partial charge in [-0.05, 0) is 31.0 Å². The molecule has 134 valence electrons. The minimum atomic E-state index is -3.62. The van der Waals surface area contributed by atoms with Crippen molar-refractivity contribution in [2.45, 2.75) is 17.7 Å². The van der Waals surface area contributed by atoms with Crippen LogP contribution in [0.25, 0.3) is 0 Å². The summed E-state index contributed by atoms with van der Waals surface area (Å²) in [4.78, 5) is 14.6. The molecule has 1 aromatic rings. The molecule has 1 heterocycles. The Morgan fingerprint density at radius 3 is 2.46 bits per heavy atom. The smallest absolute Gasteiger partial charge is 0.340 e. The van der Waals surface area contributed by atoms with Crippen molar-refractivity contribution < 1.29 is 22.7 Å². The first-order valence-corrected chi connectivity index (χ1v) is 9.29. The zero-order valence-electron chi connectivity index (χ0n) is 14.3. The SMILES string of the molecule is COCCOC(=O)c1cc(S(=O)(=O)N(C)C)ccc1N1CCCC1. The molecule has 0 bridgehead atoms. The van der Waals surface area contributed by atoms with Gasteiger partial charge in [-0.1, -0.05) is 0 Å². The number of nitrogens with zero attached hydrogens (tertiary/aromatic N) is 2. The van der Waals surface area contributed by atoms with Crippen LogP contribution in [0.2, 0.25) is 0 Å². The van der Waals surface area contributed by atoms with Gasteiger partial charge in [-0.15, -0.1) is 0 Å². The summed E-state index contributed by atoms with van der Waals surface area (Å²) in [6.07, 6.45) is 2.10. The van der Waals surface area contributed by atoms with Crippen molar-refractivity contribution in [3.63, 3.8) is 0 Å². The minimum absolute atomic E-state index is 0.0779. The van der Waals surface area contributed by atoms with Crippen LogP contribution in [0.3, 0.4) is 0 Å². The molecule has 8 heteroatoms. The Labute approximate surface area is 143 Å². The number of carbonyl (C=O) groups is 1. The number of hydrogen-bond donors (Lipinski definition) is 0. The summed E-state index contributed by atoms with van der Waals surface area (Å²) in [5, 5.41) is 0. The van der Waals surface area contributed by atoms with Gasteiger partial charge in [0.05, 0.1) is 22.8 Å². The molecule has 1 aliphatic heterocycles. The van der Waals surface area contributed by atoms with Gasteiger partial charge in [-0.25, -0.2) is 17.5 Å². The molecule has 0 unspecified atom stereocenters. The van der Waals surface area contributed by atoms with E-state index in [1.54, 1.807) is 6.07 Å². The normalized spacial score (nSPS) is 15.1. The van der Waals surface area contributed by atoms with E-state index >= 15 is 0 Å². The largest absolute Gasteiger partial charge is 0.460 e. The van der Waals surface area contributed by atoms with Gasteiger partial charge in [0.2, 0.25) is 10.0 Å². The Kier molecular flexibility index (Phi) is 6.20. The van der Waals surface area contributed by atoms with E-state index in [0.29, 0.717) is 12.3 Å². The van der Waals surface area contributed by atoms with Gasteiger partial charge in [0.25, 0.3) is 0 Å². The molecule has 1 aromatic carbocycles. The van der Waals surface area contributed by atoms with Crippen molar-refractivity contribution in [1.29, 1.82) is 0 Å². The van der Waals surface area contributed by atoms with Crippen LogP contribution < -0.4 is 4.90 Å². The molecule has 0 aliphatic carbocycles. The Balaban J connectivity index is 2.39. The number of anilines is 1. The van der Waals surface area contributed by atoms with Crippen LogP contribution in [-0.4, -0.2) is 66.2 Å². The van der Waals surface area contributed by atoms with Gasteiger partial charge >= 0.3 is 5.97 Å². The van der Waals surface area contributed by atoms with Gasteiger partial charge in [0.1, 0.15) is 6.61 Å². The van der Waals surface area contributed by atoms with Gasteiger partial charge < -0.3 is 14.4 Å². The van der Waals surface area contributed by atoms with E-state index < -0.39 is 16.0 Å². The Morgan fingerprint density at radius 1 is 1.21 bits per heavy atom. The molecule has 24 heavy (non-hydrogen) atoms. The number of benzene rings is 1. The van der Waals surface area contributed by atoms with Crippen LogP contribution in [0, 0.1) is 0 Å². The third kappa shape index (κ3) is 4.06. The number of hydrogen-bond acceptors (Lipinski definition) is 6. The molecule has 0 radical (unpaired) electrons. The molecule has 1 saturated heterocycles. The van der Waals surface area contributed by atoms with Gasteiger partial charge in [0.15, 0.2) is 0 Å². The summed E-state index contributed by atoms with van der Waals surface area (Å²) in [6, 6.07) is 4.63. The Hall–Kier alpha value is -1.64. The lowest BCUT2D eigenvalue weighted by Crippen LogP contribution is -2.25. The summed E-state index contributed by atoms with van der Waals surface area (Å²) < 4.78 is 35.9. The van der Waals surface area contributed by atoms with Crippen molar-refractivity contribution >= 4 is 21.7 Å². The van der Waals surface area contributed by atoms with Gasteiger partial charge in [0, 0.05) is 34.3 Å². The van der Waals surface area contributed by atoms with Gasteiger partial charge in [-0.3, -0.25) is 0 Å². The van der Waals surface area contributed by atoms with Crippen molar-refractivity contribution in [2.75, 3.05) is 52.4 Å². The maximum absolute atomic E-state index is 12.4. The van der Waals surface area contributed by atoms with E-state index in [2.05, 4.69) is 4.90 Å². The molecule has 1 fully saturated rings. The highest BCUT2D eigenvalue weighted by Crippen LogP contribution is 2.28. The molecule has 0 atom stereocenters. The van der Waals surface area contributed by atoms with Crippen LogP contribution in [0.1, 0.15) is 23.2 Å². The van der Waals surface area contributed by atoms with E-state index in [-0.39, 0.29) is 17.1 Å². The number of ether oxygens (including phenoxy) is 2. The van der Waals surface area contributed by atoms with Crippen LogP contribution in [0.15, 0.2) is 23.1 Å². The molecule has 1 aliphatic rings. The minimum Gasteiger partial charge on any atom is -0.460 e. The maximum atomic E-state index is 12.4. The molecule has 0 N–H and O–H groups in total. The topological polar surface area (TPSA) is 76.1 Å². The highest BCUT2D eigenvalue weighted by Gasteiger charge is 2.25. The molecular weight excluding hydrogens is 332 g/mol. The van der Waals surface area contributed by atoms with Crippen molar-refractivity contribution in [2.24, 2.45) is 0 Å². The lowest BCUT2D eigenvalue weighted by atomic mass is 10.1. The van der Waals surface area contributed by atoms with E-state index in [9.17, 15) is 13.2 Å². The summed E-state index contributed by atoms with van der Waals surface area (Å²) in [6.45, 7) is 2.11. The summed E-state index contributed by atoms with van der Waals surface area (Å²) in [5.41, 5.74) is 0.989. The fraction of sp³-hybridized carbons (Fsp3) is 0.562. The molecule has 2 rings (SSSR count). The first kappa shape index (κ1) is 18.7. The fourth-order valence-electron chi connectivity index (χ4n) is 2.58. The van der Waals surface area contributed by atoms with Gasteiger partial charge in [-0.2, -0.15) is 0 Å². The predicted octanol–water partition coefficient (Wildman–Crippen LogP) is 1.34. The summed E-state index contributed by atoms with van der Waals surface area (Å²) >= 11 is 0. The van der Waals surface area contributed by atoms with Crippen LogP contribution >= 0.6 is 0 Å². The molecule has 0 saturated carbocycles. The lowest BCUT2D eigenvalue weighted by Gasteiger charge is -2.22. The van der Waals surface area contributed by atoms with E-state index in [0.717, 1.165) is 30.2 Å². The average Bonchev–Trinajstić information content (AvgIpc) is 3.08. The third-order valence-electron chi connectivity index (χ3n) is 3.93. The van der Waals surface area contributed by atoms with Crippen LogP contribution in [0.4, 0.5) is 5.69 Å². The monoisotopic (exact) mass is 356 g/mol. The maximum Gasteiger partial charge on any atom is 0.340 e. The standard InChI is InChI=1S/C16H24N2O5S/c1-17(2)24(20,21)13-6-7-15(18-8-4-5-9-18)14(12-13)16(19)23-11-10-22-3/h6-7,12H,4-5,8-11H2,1-3H3. The summed E-state index contributed by atoms with van der Waals surface area (Å²) in [5.74, 6) is -0.537. The second kappa shape index (κ2) is 7.96. The van der Waals surface area contributed by atoms with Crippen molar-refractivity contribution in [3.8, 4) is 0 Å². The highest BCUT2D eigenvalue weighted by molar-refractivity contribution is 7.89. The fourth-order valence-corrected chi connectivity index (χ4v) is 3.51. The molecule has 0 amide bonds. The van der Waals surface area contributed by atoms with E-state index in [1.807, 2.05) is 0 Å². The zero-order valence-corrected chi connectivity index (χ0v) is 15.1. The number of rotatable bonds is 7. The highest BCUT2D eigenvalue weighted by atomic mass is 32.2. The summed E-state index contributed by atoms with van der Waals surface area (Å²) in [7, 11) is 0.823. The number of esters is 1. The molecular formula is C16H24N2O5S. The zero-order chi connectivity index (χ0) is 17.7. The van der Waals surface area contributed by atoms with Crippen molar-refractivity contribution in [1.82, 2.24) is 4.31 Å². The predicted molar refractivity (Wildman–Crippen MR) is 90.9 cm³/mol. The van der Waals surface area contributed by atoms with E-state index in [1.165, 1.54) is 33.3 Å².